The van der Waals surface area contributed by atoms with Gasteiger partial charge in [-0.3, -0.25) is 0 Å². The molecule has 0 amide bonds. The monoisotopic (exact) mass is 162 g/mol. The van der Waals surface area contributed by atoms with Gasteiger partial charge in [0.25, 0.3) is 0 Å². The minimum Gasteiger partial charge on any atom is -0.226 e. The van der Waals surface area contributed by atoms with Gasteiger partial charge in [0, 0.05) is 6.26 Å². The molecule has 0 heterocycles. The van der Waals surface area contributed by atoms with E-state index in [0.717, 1.165) is 6.26 Å². The molecule has 0 atom stereocenters. The van der Waals surface area contributed by atoms with E-state index in [1.165, 1.54) is 0 Å². The SMILES string of the molecule is CS(=O)(=O)C(Cl)Cl. The normalized spacial score (nSPS) is 12.6. The van der Waals surface area contributed by atoms with Gasteiger partial charge in [0.15, 0.2) is 9.84 Å². The van der Waals surface area contributed by atoms with Crippen molar-refractivity contribution < 1.29 is 8.42 Å². The number of hydrogen-bond acceptors (Lipinski definition) is 2. The summed E-state index contributed by atoms with van der Waals surface area (Å²) >= 11 is 9.86. The van der Waals surface area contributed by atoms with Crippen molar-refractivity contribution in [1.82, 2.24) is 0 Å². The van der Waals surface area contributed by atoms with Crippen LogP contribution < -0.4 is 0 Å². The fourth-order valence-corrected chi connectivity index (χ4v) is 0. The molecule has 0 aromatic heterocycles. The van der Waals surface area contributed by atoms with Crippen LogP contribution in [-0.2, 0) is 9.84 Å². The maximum Gasteiger partial charge on any atom is 0.207 e. The Bertz CT molecular complexity index is 136. The number of hydrogen-bond donors (Lipinski definition) is 0. The van der Waals surface area contributed by atoms with E-state index in [1.807, 2.05) is 0 Å². The maximum absolute atomic E-state index is 10.1. The van der Waals surface area contributed by atoms with Crippen LogP contribution in [0.4, 0.5) is 0 Å². The molecular formula is C2H4Cl2O2S. The van der Waals surface area contributed by atoms with Crippen molar-refractivity contribution in [3.8, 4) is 0 Å². The summed E-state index contributed by atoms with van der Waals surface area (Å²) in [6, 6.07) is 0. The molecule has 0 unspecified atom stereocenters. The molecule has 0 rings (SSSR count). The Hall–Kier alpha value is 0.530. The molecule has 0 saturated heterocycles. The molecule has 0 aliphatic carbocycles. The van der Waals surface area contributed by atoms with Crippen molar-refractivity contribution in [2.24, 2.45) is 0 Å². The molecule has 0 saturated carbocycles. The molecule has 0 N–H and O–H groups in total. The fourth-order valence-electron chi connectivity index (χ4n) is 0. The summed E-state index contributed by atoms with van der Waals surface area (Å²) in [4.78, 5) is 0. The molecule has 0 spiro atoms. The van der Waals surface area contributed by atoms with E-state index in [1.54, 1.807) is 0 Å². The summed E-state index contributed by atoms with van der Waals surface area (Å²) in [5.41, 5.74) is 0. The van der Waals surface area contributed by atoms with Crippen molar-refractivity contribution >= 4 is 33.0 Å². The van der Waals surface area contributed by atoms with Gasteiger partial charge in [-0.1, -0.05) is 23.2 Å². The zero-order valence-corrected chi connectivity index (χ0v) is 5.89. The van der Waals surface area contributed by atoms with Crippen molar-refractivity contribution in [2.45, 2.75) is 4.17 Å². The highest BCUT2D eigenvalue weighted by molar-refractivity contribution is 7.93. The van der Waals surface area contributed by atoms with Gasteiger partial charge in [0.2, 0.25) is 4.17 Å². The van der Waals surface area contributed by atoms with Crippen LogP contribution in [0.2, 0.25) is 0 Å². The van der Waals surface area contributed by atoms with E-state index >= 15 is 0 Å². The molecule has 44 valence electrons. The third kappa shape index (κ3) is 3.14. The quantitative estimate of drug-likeness (QED) is 0.535. The van der Waals surface area contributed by atoms with Gasteiger partial charge in [-0.2, -0.15) is 0 Å². The lowest BCUT2D eigenvalue weighted by molar-refractivity contribution is 0.604. The molecule has 0 aromatic rings. The number of halogens is 2. The lowest BCUT2D eigenvalue weighted by Crippen LogP contribution is -2.04. The molecule has 0 aromatic carbocycles. The summed E-state index contributed by atoms with van der Waals surface area (Å²) in [5.74, 6) is 0. The second-order valence-electron chi connectivity index (χ2n) is 1.09. The number of rotatable bonds is 1. The van der Waals surface area contributed by atoms with Crippen LogP contribution in [0.25, 0.3) is 0 Å². The van der Waals surface area contributed by atoms with Gasteiger partial charge >= 0.3 is 0 Å². The number of sulfone groups is 1. The van der Waals surface area contributed by atoms with Crippen LogP contribution in [0, 0.1) is 0 Å². The fraction of sp³-hybridized carbons (Fsp3) is 1.00. The van der Waals surface area contributed by atoms with Gasteiger partial charge in [-0.05, 0) is 0 Å². The average molecular weight is 163 g/mol. The Morgan fingerprint density at radius 2 is 1.57 bits per heavy atom. The molecule has 2 nitrogen and oxygen atoms in total. The van der Waals surface area contributed by atoms with Gasteiger partial charge in [-0.15, -0.1) is 0 Å². The first-order chi connectivity index (χ1) is 2.94. The van der Waals surface area contributed by atoms with Crippen LogP contribution in [0.5, 0.6) is 0 Å². The van der Waals surface area contributed by atoms with Gasteiger partial charge in [0.05, 0.1) is 0 Å². The first-order valence-electron chi connectivity index (χ1n) is 1.41. The second kappa shape index (κ2) is 2.20. The topological polar surface area (TPSA) is 34.1 Å². The number of alkyl halides is 2. The zero-order valence-electron chi connectivity index (χ0n) is 3.56. The highest BCUT2D eigenvalue weighted by Gasteiger charge is 2.11. The van der Waals surface area contributed by atoms with Crippen molar-refractivity contribution in [2.75, 3.05) is 6.26 Å². The van der Waals surface area contributed by atoms with Crippen molar-refractivity contribution in [1.29, 1.82) is 0 Å². The standard InChI is InChI=1S/C2H4Cl2O2S/c1-7(5,6)2(3)4/h2H,1H3. The highest BCUT2D eigenvalue weighted by Crippen LogP contribution is 2.07. The van der Waals surface area contributed by atoms with E-state index in [2.05, 4.69) is 0 Å². The largest absolute Gasteiger partial charge is 0.226 e. The smallest absolute Gasteiger partial charge is 0.207 e. The summed E-state index contributed by atoms with van der Waals surface area (Å²) in [6.07, 6.45) is 0.970. The predicted molar refractivity (Wildman–Crippen MR) is 30.3 cm³/mol. The predicted octanol–water partition coefficient (Wildman–Crippen LogP) is 0.792. The first kappa shape index (κ1) is 7.53. The van der Waals surface area contributed by atoms with Gasteiger partial charge in [0.1, 0.15) is 0 Å². The van der Waals surface area contributed by atoms with Crippen LogP contribution >= 0.6 is 23.2 Å². The molecule has 7 heavy (non-hydrogen) atoms. The summed E-state index contributed by atoms with van der Waals surface area (Å²) in [7, 11) is -3.21. The van der Waals surface area contributed by atoms with Crippen LogP contribution in [-0.4, -0.2) is 18.8 Å². The lowest BCUT2D eigenvalue weighted by Gasteiger charge is -1.91. The van der Waals surface area contributed by atoms with E-state index in [4.69, 9.17) is 23.2 Å². The summed E-state index contributed by atoms with van der Waals surface area (Å²) < 4.78 is 18.8. The highest BCUT2D eigenvalue weighted by atomic mass is 35.5. The first-order valence-corrected chi connectivity index (χ1v) is 4.24. The minimum absolute atomic E-state index is 0.970. The van der Waals surface area contributed by atoms with Crippen molar-refractivity contribution in [3.05, 3.63) is 0 Å². The third-order valence-corrected chi connectivity index (χ3v) is 2.91. The Morgan fingerprint density at radius 3 is 1.57 bits per heavy atom. The Kier molecular flexibility index (Phi) is 2.37. The second-order valence-corrected chi connectivity index (χ2v) is 4.83. The molecular weight excluding hydrogens is 159 g/mol. The van der Waals surface area contributed by atoms with Crippen LogP contribution in [0.15, 0.2) is 0 Å². The maximum atomic E-state index is 10.1. The molecule has 0 aliphatic rings. The van der Waals surface area contributed by atoms with Gasteiger partial charge in [-0.25, -0.2) is 8.42 Å². The Labute approximate surface area is 52.3 Å². The summed E-state index contributed by atoms with van der Waals surface area (Å²) in [5, 5.41) is 0. The lowest BCUT2D eigenvalue weighted by atomic mass is 11.9. The molecule has 5 heteroatoms. The minimum atomic E-state index is -3.21. The van der Waals surface area contributed by atoms with Gasteiger partial charge < -0.3 is 0 Å². The zero-order chi connectivity index (χ0) is 6.08. The molecule has 0 fully saturated rings. The van der Waals surface area contributed by atoms with E-state index < -0.39 is 14.0 Å². The average Bonchev–Trinajstić information content (AvgIpc) is 1.31. The molecule has 0 aliphatic heterocycles. The third-order valence-electron chi connectivity index (χ3n) is 0.324. The van der Waals surface area contributed by atoms with E-state index in [0.29, 0.717) is 0 Å². The van der Waals surface area contributed by atoms with E-state index in [9.17, 15) is 8.42 Å². The van der Waals surface area contributed by atoms with Crippen molar-refractivity contribution in [3.63, 3.8) is 0 Å². The molecule has 0 radical (unpaired) electrons. The Morgan fingerprint density at radius 1 is 1.43 bits per heavy atom. The Balaban J connectivity index is 4.10. The summed E-state index contributed by atoms with van der Waals surface area (Å²) in [6.45, 7) is 0. The van der Waals surface area contributed by atoms with E-state index in [-0.39, 0.29) is 0 Å². The van der Waals surface area contributed by atoms with Crippen LogP contribution in [0.3, 0.4) is 0 Å². The van der Waals surface area contributed by atoms with Crippen LogP contribution in [0.1, 0.15) is 0 Å². The molecule has 0 bridgehead atoms.